The summed E-state index contributed by atoms with van der Waals surface area (Å²) in [5, 5.41) is 0.912. The van der Waals surface area contributed by atoms with Gasteiger partial charge in [0.2, 0.25) is 0 Å². The molecule has 164 valence electrons. The van der Waals surface area contributed by atoms with Gasteiger partial charge < -0.3 is 0 Å². The van der Waals surface area contributed by atoms with Crippen LogP contribution in [0.1, 0.15) is 41.2 Å². The van der Waals surface area contributed by atoms with Gasteiger partial charge in [0.1, 0.15) is 0 Å². The first-order valence-corrected chi connectivity index (χ1v) is 11.3. The molecule has 0 aliphatic carbocycles. The van der Waals surface area contributed by atoms with Crippen molar-refractivity contribution >= 4 is 10.8 Å². The van der Waals surface area contributed by atoms with Crippen LogP contribution in [0, 0.1) is 23.5 Å². The number of hydrogen-bond acceptors (Lipinski definition) is 0. The van der Waals surface area contributed by atoms with Gasteiger partial charge in [0.15, 0.2) is 11.6 Å². The number of aryl methyl sites for hydroxylation is 3. The molecule has 0 saturated carbocycles. The van der Waals surface area contributed by atoms with Crippen molar-refractivity contribution in [3.8, 4) is 11.8 Å². The number of fused-ring (bicyclic) bond motifs is 1. The minimum absolute atomic E-state index is 0.271. The maximum absolute atomic E-state index is 13.9. The topological polar surface area (TPSA) is 0 Å². The predicted molar refractivity (Wildman–Crippen MR) is 133 cm³/mol. The molecule has 0 atom stereocenters. The van der Waals surface area contributed by atoms with E-state index >= 15 is 0 Å². The van der Waals surface area contributed by atoms with Crippen molar-refractivity contribution in [3.63, 3.8) is 0 Å². The highest BCUT2D eigenvalue weighted by molar-refractivity contribution is 5.84. The Balaban J connectivity index is 1.36. The molecule has 4 aromatic rings. The van der Waals surface area contributed by atoms with Crippen molar-refractivity contribution < 1.29 is 8.78 Å². The molecule has 0 fully saturated rings. The Morgan fingerprint density at radius 1 is 0.667 bits per heavy atom. The first-order valence-electron chi connectivity index (χ1n) is 11.3. The summed E-state index contributed by atoms with van der Waals surface area (Å²) in [6, 6.07) is 25.0. The normalized spacial score (nSPS) is 11.0. The van der Waals surface area contributed by atoms with Crippen LogP contribution in [0.15, 0.2) is 91.0 Å². The molecule has 0 bridgehead atoms. The lowest BCUT2D eigenvalue weighted by molar-refractivity contribution is 0.517. The monoisotopic (exact) mass is 436 g/mol. The second kappa shape index (κ2) is 10.7. The average molecular weight is 437 g/mol. The van der Waals surface area contributed by atoms with E-state index in [0.29, 0.717) is 5.39 Å². The second-order valence-electron chi connectivity index (χ2n) is 8.17. The summed E-state index contributed by atoms with van der Waals surface area (Å²) in [7, 11) is 0. The molecule has 33 heavy (non-hydrogen) atoms. The summed E-state index contributed by atoms with van der Waals surface area (Å²) in [6.07, 6.45) is 8.46. The van der Waals surface area contributed by atoms with Crippen molar-refractivity contribution in [1.29, 1.82) is 0 Å². The van der Waals surface area contributed by atoms with E-state index in [2.05, 4.69) is 67.3 Å². The Morgan fingerprint density at radius 3 is 1.91 bits per heavy atom. The third-order valence-electron chi connectivity index (χ3n) is 5.77. The largest absolute Gasteiger partial charge is 0.204 e. The molecule has 0 spiro atoms. The van der Waals surface area contributed by atoms with E-state index in [1.165, 1.54) is 16.7 Å². The average Bonchev–Trinajstić information content (AvgIpc) is 2.85. The molecule has 4 aromatic carbocycles. The van der Waals surface area contributed by atoms with Gasteiger partial charge >= 0.3 is 0 Å². The zero-order chi connectivity index (χ0) is 23.0. The maximum atomic E-state index is 13.9. The van der Waals surface area contributed by atoms with Crippen LogP contribution in [0.2, 0.25) is 0 Å². The quantitative estimate of drug-likeness (QED) is 0.214. The van der Waals surface area contributed by atoms with Crippen LogP contribution in [-0.4, -0.2) is 0 Å². The van der Waals surface area contributed by atoms with Crippen molar-refractivity contribution in [1.82, 2.24) is 0 Å². The van der Waals surface area contributed by atoms with E-state index in [1.54, 1.807) is 24.3 Å². The smallest absolute Gasteiger partial charge is 0.166 e. The molecule has 0 heterocycles. The predicted octanol–water partition coefficient (Wildman–Crippen LogP) is 7.81. The van der Waals surface area contributed by atoms with Crippen LogP contribution in [0.3, 0.4) is 0 Å². The fourth-order valence-electron chi connectivity index (χ4n) is 3.82. The summed E-state index contributed by atoms with van der Waals surface area (Å²) in [5.41, 5.74) is 5.70. The standard InChI is InChI=1S/C31H26F2/c1-2-3-4-5-23-6-8-24(9-7-23)10-11-25-12-14-26(15-13-25)16-17-27-18-20-29-28(22-27)19-21-30(32)31(29)33/h2-3,6-9,12-15,18-22H,4-5,10-11H2,1H3/b3-2+. The van der Waals surface area contributed by atoms with E-state index < -0.39 is 11.6 Å². The molecule has 0 unspecified atom stereocenters. The van der Waals surface area contributed by atoms with Gasteiger partial charge in [0.05, 0.1) is 0 Å². The Labute approximate surface area is 194 Å². The molecule has 0 saturated heterocycles. The Bertz CT molecular complexity index is 1320. The molecule has 0 aromatic heterocycles. The van der Waals surface area contributed by atoms with E-state index in [0.717, 1.165) is 42.9 Å². The second-order valence-corrected chi connectivity index (χ2v) is 8.17. The van der Waals surface area contributed by atoms with Gasteiger partial charge in [0, 0.05) is 16.5 Å². The molecule has 0 radical (unpaired) electrons. The van der Waals surface area contributed by atoms with Crippen LogP contribution in [-0.2, 0) is 19.3 Å². The number of allylic oxidation sites excluding steroid dienone is 2. The summed E-state index contributed by atoms with van der Waals surface area (Å²) in [5.74, 6) is 4.62. The molecule has 0 aliphatic heterocycles. The van der Waals surface area contributed by atoms with Gasteiger partial charge in [-0.15, -0.1) is 0 Å². The molecule has 0 amide bonds. The Kier molecular flexibility index (Phi) is 7.33. The lowest BCUT2D eigenvalue weighted by Crippen LogP contribution is -1.92. The van der Waals surface area contributed by atoms with Crippen molar-refractivity contribution in [2.24, 2.45) is 0 Å². The van der Waals surface area contributed by atoms with Crippen LogP contribution in [0.25, 0.3) is 10.8 Å². The van der Waals surface area contributed by atoms with Gasteiger partial charge in [-0.2, -0.15) is 0 Å². The van der Waals surface area contributed by atoms with Crippen LogP contribution < -0.4 is 0 Å². The Morgan fingerprint density at radius 2 is 1.24 bits per heavy atom. The van der Waals surface area contributed by atoms with Crippen LogP contribution >= 0.6 is 0 Å². The van der Waals surface area contributed by atoms with Crippen molar-refractivity contribution in [2.75, 3.05) is 0 Å². The Hall–Kier alpha value is -3.70. The van der Waals surface area contributed by atoms with Crippen LogP contribution in [0.4, 0.5) is 8.78 Å². The SMILES string of the molecule is C/C=C/CCc1ccc(CCc2ccc(C#Cc3ccc4c(F)c(F)ccc4c3)cc2)cc1. The fraction of sp³-hybridized carbons (Fsp3) is 0.161. The van der Waals surface area contributed by atoms with E-state index in [9.17, 15) is 8.78 Å². The highest BCUT2D eigenvalue weighted by Gasteiger charge is 2.06. The highest BCUT2D eigenvalue weighted by atomic mass is 19.2. The third-order valence-corrected chi connectivity index (χ3v) is 5.77. The number of benzene rings is 4. The summed E-state index contributed by atoms with van der Waals surface area (Å²) in [4.78, 5) is 0. The molecular weight excluding hydrogens is 410 g/mol. The van der Waals surface area contributed by atoms with E-state index in [1.807, 2.05) is 12.1 Å². The minimum Gasteiger partial charge on any atom is -0.204 e. The van der Waals surface area contributed by atoms with E-state index in [4.69, 9.17) is 0 Å². The van der Waals surface area contributed by atoms with Gasteiger partial charge in [-0.1, -0.05) is 72.5 Å². The fourth-order valence-corrected chi connectivity index (χ4v) is 3.82. The van der Waals surface area contributed by atoms with Crippen LogP contribution in [0.5, 0.6) is 0 Å². The lowest BCUT2D eigenvalue weighted by Gasteiger charge is -2.05. The summed E-state index contributed by atoms with van der Waals surface area (Å²) in [6.45, 7) is 2.06. The molecule has 2 heteroatoms. The number of halogens is 2. The van der Waals surface area contributed by atoms with Gasteiger partial charge in [-0.3, -0.25) is 0 Å². The first-order chi connectivity index (χ1) is 16.1. The third kappa shape index (κ3) is 5.96. The van der Waals surface area contributed by atoms with Crippen molar-refractivity contribution in [2.45, 2.75) is 32.6 Å². The van der Waals surface area contributed by atoms with Gasteiger partial charge in [-0.25, -0.2) is 8.78 Å². The van der Waals surface area contributed by atoms with Gasteiger partial charge in [0.25, 0.3) is 0 Å². The van der Waals surface area contributed by atoms with E-state index in [-0.39, 0.29) is 5.39 Å². The molecule has 0 aliphatic rings. The molecule has 0 nitrogen and oxygen atoms in total. The maximum Gasteiger partial charge on any atom is 0.166 e. The summed E-state index contributed by atoms with van der Waals surface area (Å²) >= 11 is 0. The van der Waals surface area contributed by atoms with Crippen molar-refractivity contribution in [3.05, 3.63) is 130 Å². The zero-order valence-corrected chi connectivity index (χ0v) is 18.7. The number of hydrogen-bond donors (Lipinski definition) is 0. The highest BCUT2D eigenvalue weighted by Crippen LogP contribution is 2.21. The molecular formula is C31H26F2. The number of rotatable bonds is 6. The first kappa shape index (κ1) is 22.5. The summed E-state index contributed by atoms with van der Waals surface area (Å²) < 4.78 is 27.2. The van der Waals surface area contributed by atoms with Gasteiger partial charge in [-0.05, 0) is 85.0 Å². The molecule has 0 N–H and O–H groups in total. The lowest BCUT2D eigenvalue weighted by atomic mass is 10.0. The minimum atomic E-state index is -0.835. The molecule has 4 rings (SSSR count). The zero-order valence-electron chi connectivity index (χ0n) is 18.7.